The van der Waals surface area contributed by atoms with Crippen LogP contribution in [0, 0.1) is 23.6 Å². The quantitative estimate of drug-likeness (QED) is 0.154. The minimum Gasteiger partial charge on any atom is -0.205 e. The molecule has 188 valence electrons. The molecule has 0 heterocycles. The number of fused-ring (bicyclic) bond motifs is 1. The van der Waals surface area contributed by atoms with Gasteiger partial charge >= 0.3 is 0 Å². The summed E-state index contributed by atoms with van der Waals surface area (Å²) in [6.45, 7) is 6.06. The first-order chi connectivity index (χ1) is 17.7. The SMILES string of the molecule is C=CCCc1ccc(C#Cc2ccc3cc(C4CCC(CCCCCCC)CC4)ccc3c2F)cc1. The summed E-state index contributed by atoms with van der Waals surface area (Å²) in [6, 6.07) is 18.4. The number of hydrogen-bond acceptors (Lipinski definition) is 0. The second kappa shape index (κ2) is 13.5. The average molecular weight is 481 g/mol. The third-order valence-electron chi connectivity index (χ3n) is 7.94. The Balaban J connectivity index is 1.37. The Morgan fingerprint density at radius 3 is 2.42 bits per heavy atom. The molecule has 0 aromatic heterocycles. The van der Waals surface area contributed by atoms with Crippen molar-refractivity contribution < 1.29 is 4.39 Å². The van der Waals surface area contributed by atoms with Gasteiger partial charge in [0.15, 0.2) is 0 Å². The van der Waals surface area contributed by atoms with E-state index in [-0.39, 0.29) is 5.82 Å². The molecule has 0 spiro atoms. The van der Waals surface area contributed by atoms with Crippen LogP contribution < -0.4 is 0 Å². The zero-order chi connectivity index (χ0) is 25.2. The van der Waals surface area contributed by atoms with Crippen molar-refractivity contribution in [3.63, 3.8) is 0 Å². The first-order valence-corrected chi connectivity index (χ1v) is 14.1. The summed E-state index contributed by atoms with van der Waals surface area (Å²) in [5.41, 5.74) is 4.01. The summed E-state index contributed by atoms with van der Waals surface area (Å²) in [5.74, 6) is 7.50. The van der Waals surface area contributed by atoms with Gasteiger partial charge in [0.25, 0.3) is 0 Å². The van der Waals surface area contributed by atoms with Crippen LogP contribution in [0.3, 0.4) is 0 Å². The van der Waals surface area contributed by atoms with E-state index in [0.29, 0.717) is 16.9 Å². The highest BCUT2D eigenvalue weighted by Gasteiger charge is 2.22. The summed E-state index contributed by atoms with van der Waals surface area (Å²) in [7, 11) is 0. The maximum absolute atomic E-state index is 15.3. The van der Waals surface area contributed by atoms with Gasteiger partial charge < -0.3 is 0 Å². The molecule has 0 unspecified atom stereocenters. The van der Waals surface area contributed by atoms with Gasteiger partial charge in [0.1, 0.15) is 5.82 Å². The second-order valence-corrected chi connectivity index (χ2v) is 10.6. The third kappa shape index (κ3) is 7.10. The van der Waals surface area contributed by atoms with Crippen LogP contribution in [0.1, 0.15) is 106 Å². The number of allylic oxidation sites excluding steroid dienone is 1. The Labute approximate surface area is 218 Å². The minimum atomic E-state index is -0.207. The molecule has 4 rings (SSSR count). The Morgan fingerprint density at radius 1 is 0.889 bits per heavy atom. The fourth-order valence-corrected chi connectivity index (χ4v) is 5.64. The largest absolute Gasteiger partial charge is 0.205 e. The monoisotopic (exact) mass is 480 g/mol. The molecule has 1 aliphatic carbocycles. The van der Waals surface area contributed by atoms with Crippen molar-refractivity contribution in [3.8, 4) is 11.8 Å². The zero-order valence-electron chi connectivity index (χ0n) is 22.0. The second-order valence-electron chi connectivity index (χ2n) is 10.6. The van der Waals surface area contributed by atoms with E-state index < -0.39 is 0 Å². The van der Waals surface area contributed by atoms with E-state index >= 15 is 4.39 Å². The summed E-state index contributed by atoms with van der Waals surface area (Å²) in [4.78, 5) is 0. The standard InChI is InChI=1S/C35H41F/c1-3-5-7-8-9-11-28-16-19-30(20-17-28)32-24-25-34-33(26-32)23-22-31(35(34)36)21-18-29-14-12-27(13-15-29)10-6-4-2/h4,12-15,22-26,28,30H,2-3,5-11,16-17,19-20H2,1H3. The Hall–Kier alpha value is -2.85. The highest BCUT2D eigenvalue weighted by molar-refractivity contribution is 5.85. The molecule has 0 radical (unpaired) electrons. The summed E-state index contributed by atoms with van der Waals surface area (Å²) >= 11 is 0. The van der Waals surface area contributed by atoms with E-state index in [1.807, 2.05) is 36.4 Å². The number of aryl methyl sites for hydroxylation is 1. The van der Waals surface area contributed by atoms with Gasteiger partial charge in [-0.2, -0.15) is 0 Å². The molecule has 0 atom stereocenters. The summed E-state index contributed by atoms with van der Waals surface area (Å²) in [6.07, 6.45) is 17.4. The molecule has 1 heteroatoms. The predicted octanol–water partition coefficient (Wildman–Crippen LogP) is 10.1. The van der Waals surface area contributed by atoms with Crippen LogP contribution >= 0.6 is 0 Å². The maximum Gasteiger partial charge on any atom is 0.146 e. The molecule has 0 aliphatic heterocycles. The number of rotatable bonds is 10. The predicted molar refractivity (Wildman–Crippen MR) is 153 cm³/mol. The highest BCUT2D eigenvalue weighted by atomic mass is 19.1. The minimum absolute atomic E-state index is 0.207. The summed E-state index contributed by atoms with van der Waals surface area (Å²) in [5, 5.41) is 1.66. The van der Waals surface area contributed by atoms with Crippen molar-refractivity contribution in [2.75, 3.05) is 0 Å². The molecule has 3 aromatic carbocycles. The number of unbranched alkanes of at least 4 members (excludes halogenated alkanes) is 4. The van der Waals surface area contributed by atoms with Gasteiger partial charge in [-0.3, -0.25) is 0 Å². The van der Waals surface area contributed by atoms with Gasteiger partial charge in [-0.05, 0) is 85.1 Å². The third-order valence-corrected chi connectivity index (χ3v) is 7.94. The van der Waals surface area contributed by atoms with E-state index in [1.165, 1.54) is 75.3 Å². The first kappa shape index (κ1) is 26.2. The van der Waals surface area contributed by atoms with Gasteiger partial charge in [0.2, 0.25) is 0 Å². The van der Waals surface area contributed by atoms with Gasteiger partial charge in [-0.1, -0.05) is 99.8 Å². The van der Waals surface area contributed by atoms with E-state index in [2.05, 4.69) is 49.6 Å². The van der Waals surface area contributed by atoms with Crippen molar-refractivity contribution in [2.24, 2.45) is 5.92 Å². The Morgan fingerprint density at radius 2 is 1.67 bits per heavy atom. The molecule has 36 heavy (non-hydrogen) atoms. The smallest absolute Gasteiger partial charge is 0.146 e. The molecular weight excluding hydrogens is 439 g/mol. The van der Waals surface area contributed by atoms with E-state index in [9.17, 15) is 0 Å². The average Bonchev–Trinajstić information content (AvgIpc) is 2.92. The molecule has 3 aromatic rings. The molecule has 0 amide bonds. The van der Waals surface area contributed by atoms with Crippen molar-refractivity contribution >= 4 is 10.8 Å². The topological polar surface area (TPSA) is 0 Å². The van der Waals surface area contributed by atoms with Crippen molar-refractivity contribution in [1.82, 2.24) is 0 Å². The van der Waals surface area contributed by atoms with Gasteiger partial charge in [-0.15, -0.1) is 6.58 Å². The number of benzene rings is 3. The molecular formula is C35H41F. The molecule has 1 aliphatic rings. The Kier molecular flexibility index (Phi) is 9.80. The molecule has 0 N–H and O–H groups in total. The first-order valence-electron chi connectivity index (χ1n) is 14.1. The lowest BCUT2D eigenvalue weighted by Gasteiger charge is -2.29. The van der Waals surface area contributed by atoms with Gasteiger partial charge in [0, 0.05) is 10.9 Å². The van der Waals surface area contributed by atoms with E-state index in [4.69, 9.17) is 0 Å². The molecule has 1 fully saturated rings. The van der Waals surface area contributed by atoms with Crippen LogP contribution in [-0.2, 0) is 6.42 Å². The van der Waals surface area contributed by atoms with Crippen LogP contribution in [0.25, 0.3) is 10.8 Å². The van der Waals surface area contributed by atoms with Crippen molar-refractivity contribution in [3.05, 3.63) is 95.3 Å². The lowest BCUT2D eigenvalue weighted by molar-refractivity contribution is 0.302. The lowest BCUT2D eigenvalue weighted by Crippen LogP contribution is -2.13. The summed E-state index contributed by atoms with van der Waals surface area (Å²) < 4.78 is 15.3. The van der Waals surface area contributed by atoms with Crippen LogP contribution in [0.15, 0.2) is 67.3 Å². The maximum atomic E-state index is 15.3. The number of halogens is 1. The van der Waals surface area contributed by atoms with Crippen molar-refractivity contribution in [1.29, 1.82) is 0 Å². The number of hydrogen-bond donors (Lipinski definition) is 0. The van der Waals surface area contributed by atoms with Crippen LogP contribution in [0.5, 0.6) is 0 Å². The van der Waals surface area contributed by atoms with E-state index in [0.717, 1.165) is 29.7 Å². The van der Waals surface area contributed by atoms with Crippen molar-refractivity contribution in [2.45, 2.75) is 89.9 Å². The highest BCUT2D eigenvalue weighted by Crippen LogP contribution is 2.39. The fourth-order valence-electron chi connectivity index (χ4n) is 5.64. The molecule has 0 saturated heterocycles. The normalized spacial score (nSPS) is 17.5. The molecule has 1 saturated carbocycles. The Bertz CT molecular complexity index is 1180. The van der Waals surface area contributed by atoms with Gasteiger partial charge in [-0.25, -0.2) is 4.39 Å². The van der Waals surface area contributed by atoms with Crippen LogP contribution in [-0.4, -0.2) is 0 Å². The van der Waals surface area contributed by atoms with Crippen LogP contribution in [0.4, 0.5) is 4.39 Å². The zero-order valence-corrected chi connectivity index (χ0v) is 22.0. The fraction of sp³-hybridized carbons (Fsp3) is 0.429. The lowest BCUT2D eigenvalue weighted by atomic mass is 9.76. The van der Waals surface area contributed by atoms with Crippen LogP contribution in [0.2, 0.25) is 0 Å². The van der Waals surface area contributed by atoms with Gasteiger partial charge in [0.05, 0.1) is 5.56 Å². The van der Waals surface area contributed by atoms with E-state index in [1.54, 1.807) is 0 Å². The molecule has 0 nitrogen and oxygen atoms in total. The molecule has 0 bridgehead atoms.